The Morgan fingerprint density at radius 2 is 1.83 bits per heavy atom. The van der Waals surface area contributed by atoms with Crippen molar-refractivity contribution >= 4 is 23.2 Å². The minimum Gasteiger partial charge on any atom is -0.328 e. The summed E-state index contributed by atoms with van der Waals surface area (Å²) >= 11 is 0. The summed E-state index contributed by atoms with van der Waals surface area (Å²) in [4.78, 5) is 39.0. The van der Waals surface area contributed by atoms with E-state index in [2.05, 4.69) is 24.1 Å². The van der Waals surface area contributed by atoms with Crippen LogP contribution in [0.5, 0.6) is 0 Å². The van der Waals surface area contributed by atoms with E-state index >= 15 is 0 Å². The molecule has 0 fully saturated rings. The van der Waals surface area contributed by atoms with Gasteiger partial charge in [0.15, 0.2) is 0 Å². The van der Waals surface area contributed by atoms with Gasteiger partial charge in [0.25, 0.3) is 5.91 Å². The van der Waals surface area contributed by atoms with Crippen molar-refractivity contribution in [2.75, 3.05) is 16.8 Å². The third-order valence-corrected chi connectivity index (χ3v) is 3.05. The molecule has 0 radical (unpaired) electrons. The number of fused-ring (bicyclic) bond motifs is 1. The van der Waals surface area contributed by atoms with Crippen LogP contribution < -0.4 is 15.8 Å². The Kier molecular flexibility index (Phi) is 5.30. The molecule has 0 atom stereocenters. The number of rotatable bonds is 1. The van der Waals surface area contributed by atoms with Gasteiger partial charge < -0.3 is 10.3 Å². The van der Waals surface area contributed by atoms with Crippen LogP contribution in [0, 0.1) is 0 Å². The van der Waals surface area contributed by atoms with Crippen molar-refractivity contribution in [2.45, 2.75) is 20.3 Å². The van der Waals surface area contributed by atoms with E-state index in [-0.39, 0.29) is 23.9 Å². The quantitative estimate of drug-likeness (QED) is 0.848. The van der Waals surface area contributed by atoms with Crippen molar-refractivity contribution < 1.29 is 9.59 Å². The number of nitrogens with zero attached hydrogens (tertiary/aromatic N) is 1. The van der Waals surface area contributed by atoms with Gasteiger partial charge >= 0.3 is 0 Å². The summed E-state index contributed by atoms with van der Waals surface area (Å²) in [7, 11) is 0. The zero-order valence-corrected chi connectivity index (χ0v) is 13.1. The van der Waals surface area contributed by atoms with Gasteiger partial charge in [-0.05, 0) is 18.2 Å². The highest BCUT2D eigenvalue weighted by atomic mass is 16.2. The molecule has 120 valence electrons. The molecule has 0 saturated carbocycles. The van der Waals surface area contributed by atoms with Crippen LogP contribution in [-0.4, -0.2) is 23.3 Å². The van der Waals surface area contributed by atoms with E-state index in [1.54, 1.807) is 24.3 Å². The van der Waals surface area contributed by atoms with Gasteiger partial charge in [0.2, 0.25) is 11.5 Å². The first-order valence-electron chi connectivity index (χ1n) is 7.46. The maximum absolute atomic E-state index is 12.4. The SMILES string of the molecule is CCC.O=C1CN(C(=O)c2ccc(=O)[nH]c2)c2ccccc2N1. The molecule has 1 aliphatic rings. The second-order valence-electron chi connectivity index (χ2n) is 5.11. The predicted molar refractivity (Wildman–Crippen MR) is 89.8 cm³/mol. The van der Waals surface area contributed by atoms with Crippen LogP contribution in [0.2, 0.25) is 0 Å². The minimum atomic E-state index is -0.330. The van der Waals surface area contributed by atoms with E-state index in [1.807, 2.05) is 0 Å². The third kappa shape index (κ3) is 3.85. The molecule has 1 aromatic carbocycles. The first-order valence-corrected chi connectivity index (χ1v) is 7.46. The molecular weight excluding hydrogens is 294 g/mol. The molecule has 0 unspecified atom stereocenters. The van der Waals surface area contributed by atoms with Gasteiger partial charge in [0.1, 0.15) is 6.54 Å². The van der Waals surface area contributed by atoms with E-state index in [4.69, 9.17) is 0 Å². The summed E-state index contributed by atoms with van der Waals surface area (Å²) in [5.74, 6) is -0.579. The number of H-pyrrole nitrogens is 1. The molecule has 0 saturated heterocycles. The summed E-state index contributed by atoms with van der Waals surface area (Å²) in [6.07, 6.45) is 2.60. The number of benzene rings is 1. The second-order valence-corrected chi connectivity index (χ2v) is 5.11. The normalized spacial score (nSPS) is 12.6. The Morgan fingerprint density at radius 1 is 1.13 bits per heavy atom. The van der Waals surface area contributed by atoms with E-state index in [9.17, 15) is 14.4 Å². The number of hydrogen-bond donors (Lipinski definition) is 2. The highest BCUT2D eigenvalue weighted by molar-refractivity contribution is 6.14. The van der Waals surface area contributed by atoms with Gasteiger partial charge in [0, 0.05) is 12.3 Å². The number of aromatic amines is 1. The predicted octanol–water partition coefficient (Wildman–Crippen LogP) is 2.39. The van der Waals surface area contributed by atoms with Crippen LogP contribution in [0.3, 0.4) is 0 Å². The summed E-state index contributed by atoms with van der Waals surface area (Å²) in [5, 5.41) is 2.71. The molecule has 6 heteroatoms. The Morgan fingerprint density at radius 3 is 2.48 bits per heavy atom. The maximum Gasteiger partial charge on any atom is 0.260 e. The number of amides is 2. The Balaban J connectivity index is 0.000000595. The van der Waals surface area contributed by atoms with E-state index < -0.39 is 0 Å². The monoisotopic (exact) mass is 313 g/mol. The molecule has 1 aliphatic heterocycles. The number of hydrogen-bond acceptors (Lipinski definition) is 3. The van der Waals surface area contributed by atoms with Crippen LogP contribution in [0.1, 0.15) is 30.6 Å². The third-order valence-electron chi connectivity index (χ3n) is 3.05. The number of nitrogens with one attached hydrogen (secondary N) is 2. The lowest BCUT2D eigenvalue weighted by Crippen LogP contribution is -2.42. The molecule has 0 spiro atoms. The molecule has 2 heterocycles. The van der Waals surface area contributed by atoms with Crippen LogP contribution in [0.25, 0.3) is 0 Å². The van der Waals surface area contributed by atoms with Gasteiger partial charge in [-0.1, -0.05) is 32.4 Å². The lowest BCUT2D eigenvalue weighted by molar-refractivity contribution is -0.115. The number of carbonyl (C=O) groups excluding carboxylic acids is 2. The largest absolute Gasteiger partial charge is 0.328 e. The summed E-state index contributed by atoms with van der Waals surface area (Å²) in [6.45, 7) is 4.20. The summed E-state index contributed by atoms with van der Waals surface area (Å²) < 4.78 is 0. The minimum absolute atomic E-state index is 0.0467. The fourth-order valence-electron chi connectivity index (χ4n) is 2.11. The number of carbonyl (C=O) groups is 2. The molecular formula is C17H19N3O3. The molecule has 3 rings (SSSR count). The topological polar surface area (TPSA) is 82.3 Å². The van der Waals surface area contributed by atoms with Gasteiger partial charge in [-0.25, -0.2) is 0 Å². The van der Waals surface area contributed by atoms with Crippen LogP contribution in [0.4, 0.5) is 11.4 Å². The van der Waals surface area contributed by atoms with Crippen LogP contribution in [-0.2, 0) is 4.79 Å². The Labute approximate surface area is 134 Å². The molecule has 2 amide bonds. The first-order chi connectivity index (χ1) is 11.1. The summed E-state index contributed by atoms with van der Waals surface area (Å²) in [5.41, 5.74) is 1.29. The van der Waals surface area contributed by atoms with Gasteiger partial charge in [-0.3, -0.25) is 19.3 Å². The van der Waals surface area contributed by atoms with Crippen LogP contribution >= 0.6 is 0 Å². The van der Waals surface area contributed by atoms with E-state index in [1.165, 1.54) is 29.7 Å². The number of pyridine rings is 1. The zero-order chi connectivity index (χ0) is 16.8. The Bertz CT molecular complexity index is 747. The fourth-order valence-corrected chi connectivity index (χ4v) is 2.11. The van der Waals surface area contributed by atoms with Crippen molar-refractivity contribution in [3.8, 4) is 0 Å². The lowest BCUT2D eigenvalue weighted by Gasteiger charge is -2.29. The number of anilines is 2. The molecule has 0 bridgehead atoms. The average molecular weight is 313 g/mol. The van der Waals surface area contributed by atoms with Crippen LogP contribution in [0.15, 0.2) is 47.4 Å². The van der Waals surface area contributed by atoms with Gasteiger partial charge in [-0.2, -0.15) is 0 Å². The second kappa shape index (κ2) is 7.40. The molecule has 2 aromatic rings. The molecule has 0 aliphatic carbocycles. The average Bonchev–Trinajstić information content (AvgIpc) is 2.55. The number of para-hydroxylation sites is 2. The van der Waals surface area contributed by atoms with Crippen molar-refractivity contribution in [3.05, 3.63) is 58.5 Å². The molecule has 1 aromatic heterocycles. The number of aromatic nitrogens is 1. The van der Waals surface area contributed by atoms with Crippen molar-refractivity contribution in [3.63, 3.8) is 0 Å². The van der Waals surface area contributed by atoms with Crippen molar-refractivity contribution in [1.82, 2.24) is 4.98 Å². The standard InChI is InChI=1S/C14H11N3O3.C3H8/c18-12-6-5-9(7-15-12)14(20)17-8-13(19)16-10-3-1-2-4-11(10)17;1-3-2/h1-7H,8H2,(H,15,18)(H,16,19);3H2,1-2H3. The summed E-state index contributed by atoms with van der Waals surface area (Å²) in [6, 6.07) is 9.80. The first kappa shape index (κ1) is 16.5. The fraction of sp³-hybridized carbons (Fsp3) is 0.235. The van der Waals surface area contributed by atoms with E-state index in [0.717, 1.165) is 0 Å². The maximum atomic E-state index is 12.4. The van der Waals surface area contributed by atoms with Gasteiger partial charge in [0.05, 0.1) is 16.9 Å². The van der Waals surface area contributed by atoms with Crippen molar-refractivity contribution in [2.24, 2.45) is 0 Å². The highest BCUT2D eigenvalue weighted by Crippen LogP contribution is 2.29. The zero-order valence-electron chi connectivity index (χ0n) is 13.1. The smallest absolute Gasteiger partial charge is 0.260 e. The van der Waals surface area contributed by atoms with Gasteiger partial charge in [-0.15, -0.1) is 0 Å². The lowest BCUT2D eigenvalue weighted by atomic mass is 10.1. The highest BCUT2D eigenvalue weighted by Gasteiger charge is 2.27. The molecule has 6 nitrogen and oxygen atoms in total. The molecule has 2 N–H and O–H groups in total. The Hall–Kier alpha value is -2.89. The van der Waals surface area contributed by atoms with E-state index in [0.29, 0.717) is 16.9 Å². The molecule has 23 heavy (non-hydrogen) atoms. The van der Waals surface area contributed by atoms with Crippen molar-refractivity contribution in [1.29, 1.82) is 0 Å².